The molecule has 84 valence electrons. The van der Waals surface area contributed by atoms with Gasteiger partial charge in [0.2, 0.25) is 0 Å². The van der Waals surface area contributed by atoms with Gasteiger partial charge < -0.3 is 5.32 Å². The highest BCUT2D eigenvalue weighted by Crippen LogP contribution is 2.01. The Morgan fingerprint density at radius 2 is 2.33 bits per heavy atom. The summed E-state index contributed by atoms with van der Waals surface area (Å²) in [4.78, 5) is 11.4. The number of carbonyl (C=O) groups is 1. The Morgan fingerprint density at radius 1 is 1.60 bits per heavy atom. The van der Waals surface area contributed by atoms with Crippen LogP contribution in [-0.4, -0.2) is 21.9 Å². The van der Waals surface area contributed by atoms with Crippen LogP contribution in [0.15, 0.2) is 12.3 Å². The number of nitrogens with one attached hydrogen (secondary N) is 2. The highest BCUT2D eigenvalue weighted by molar-refractivity contribution is 5.88. The number of aryl methyl sites for hydroxylation is 1. The maximum Gasteiger partial charge on any atom is 0.320 e. The molecule has 1 heterocycles. The van der Waals surface area contributed by atoms with E-state index < -0.39 is 0 Å². The van der Waals surface area contributed by atoms with Crippen LogP contribution < -0.4 is 10.6 Å². The summed E-state index contributed by atoms with van der Waals surface area (Å²) in [6, 6.07) is 1.75. The summed E-state index contributed by atoms with van der Waals surface area (Å²) < 4.78 is 1.76. The molecule has 2 N–H and O–H groups in total. The molecule has 0 spiro atoms. The zero-order valence-corrected chi connectivity index (χ0v) is 9.45. The number of carbonyl (C=O) groups excluding carboxylic acids is 1. The first-order valence-electron chi connectivity index (χ1n) is 5.26. The molecule has 2 amide bonds. The zero-order valence-electron chi connectivity index (χ0n) is 9.45. The first kappa shape index (κ1) is 11.6. The number of hydrogen-bond donors (Lipinski definition) is 2. The predicted octanol–water partition coefficient (Wildman–Crippen LogP) is 1.82. The second-order valence-corrected chi connectivity index (χ2v) is 3.46. The van der Waals surface area contributed by atoms with Gasteiger partial charge in [0.1, 0.15) is 0 Å². The van der Waals surface area contributed by atoms with E-state index >= 15 is 0 Å². The molecule has 0 unspecified atom stereocenters. The molecule has 1 rings (SSSR count). The normalized spacial score (nSPS) is 12.2. The van der Waals surface area contributed by atoms with Crippen molar-refractivity contribution >= 4 is 11.8 Å². The molecule has 0 aliphatic heterocycles. The van der Waals surface area contributed by atoms with Gasteiger partial charge in [-0.3, -0.25) is 10.00 Å². The lowest BCUT2D eigenvalue weighted by molar-refractivity contribution is 0.249. The van der Waals surface area contributed by atoms with Gasteiger partial charge in [-0.1, -0.05) is 6.92 Å². The molecule has 0 aliphatic carbocycles. The van der Waals surface area contributed by atoms with Crippen LogP contribution in [0.2, 0.25) is 0 Å². The first-order valence-corrected chi connectivity index (χ1v) is 5.26. The third-order valence-corrected chi connectivity index (χ3v) is 2.20. The Balaban J connectivity index is 2.44. The molecule has 0 bridgehead atoms. The average molecular weight is 210 g/mol. The van der Waals surface area contributed by atoms with Crippen LogP contribution in [0, 0.1) is 0 Å². The summed E-state index contributed by atoms with van der Waals surface area (Å²) in [6.45, 7) is 6.78. The smallest absolute Gasteiger partial charge is 0.320 e. The summed E-state index contributed by atoms with van der Waals surface area (Å²) in [5.41, 5.74) is 0. The van der Waals surface area contributed by atoms with Crippen molar-refractivity contribution in [3.8, 4) is 0 Å². The Hall–Kier alpha value is -1.52. The number of rotatable bonds is 4. The second kappa shape index (κ2) is 5.38. The van der Waals surface area contributed by atoms with Crippen LogP contribution in [0.1, 0.15) is 27.2 Å². The van der Waals surface area contributed by atoms with Crippen LogP contribution in [-0.2, 0) is 6.54 Å². The van der Waals surface area contributed by atoms with Crippen molar-refractivity contribution in [1.29, 1.82) is 0 Å². The van der Waals surface area contributed by atoms with Gasteiger partial charge in [0.15, 0.2) is 5.82 Å². The molecular formula is C10H18N4O. The maximum atomic E-state index is 11.4. The third-order valence-electron chi connectivity index (χ3n) is 2.20. The molecule has 0 aliphatic rings. The number of aromatic nitrogens is 2. The largest absolute Gasteiger partial charge is 0.335 e. The SMILES string of the molecule is CC[C@@H](C)NC(=O)Nc1ccn(CC)n1. The van der Waals surface area contributed by atoms with Gasteiger partial charge in [-0.25, -0.2) is 4.79 Å². The second-order valence-electron chi connectivity index (χ2n) is 3.46. The summed E-state index contributed by atoms with van der Waals surface area (Å²) in [5, 5.41) is 9.63. The monoisotopic (exact) mass is 210 g/mol. The summed E-state index contributed by atoms with van der Waals surface area (Å²) in [7, 11) is 0. The quantitative estimate of drug-likeness (QED) is 0.796. The van der Waals surface area contributed by atoms with Crippen LogP contribution in [0.3, 0.4) is 0 Å². The summed E-state index contributed by atoms with van der Waals surface area (Å²) in [6.07, 6.45) is 2.75. The molecule has 15 heavy (non-hydrogen) atoms. The molecule has 1 atom stereocenters. The fraction of sp³-hybridized carbons (Fsp3) is 0.600. The van der Waals surface area contributed by atoms with Gasteiger partial charge >= 0.3 is 6.03 Å². The fourth-order valence-electron chi connectivity index (χ4n) is 1.08. The lowest BCUT2D eigenvalue weighted by atomic mass is 10.3. The number of hydrogen-bond acceptors (Lipinski definition) is 2. The predicted molar refractivity (Wildman–Crippen MR) is 59.8 cm³/mol. The standard InChI is InChI=1S/C10H18N4O/c1-4-8(3)11-10(15)12-9-6-7-14(5-2)13-9/h6-8H,4-5H2,1-3H3,(H2,11,12,13,15)/t8-/m1/s1. The molecule has 5 heteroatoms. The van der Waals surface area contributed by atoms with Crippen molar-refractivity contribution < 1.29 is 4.79 Å². The fourth-order valence-corrected chi connectivity index (χ4v) is 1.08. The molecule has 0 fully saturated rings. The van der Waals surface area contributed by atoms with Crippen LogP contribution in [0.5, 0.6) is 0 Å². The molecule has 5 nitrogen and oxygen atoms in total. The molecule has 0 saturated heterocycles. The highest BCUT2D eigenvalue weighted by atomic mass is 16.2. The van der Waals surface area contributed by atoms with Crippen molar-refractivity contribution in [3.63, 3.8) is 0 Å². The van der Waals surface area contributed by atoms with Crippen molar-refractivity contribution in [3.05, 3.63) is 12.3 Å². The number of urea groups is 1. The van der Waals surface area contributed by atoms with E-state index in [1.807, 2.05) is 27.0 Å². The van der Waals surface area contributed by atoms with E-state index in [0.717, 1.165) is 13.0 Å². The molecule has 0 radical (unpaired) electrons. The molecule has 1 aromatic rings. The molecule has 0 aromatic carbocycles. The van der Waals surface area contributed by atoms with Crippen molar-refractivity contribution in [2.24, 2.45) is 0 Å². The Kier molecular flexibility index (Phi) is 4.15. The van der Waals surface area contributed by atoms with Gasteiger partial charge in [-0.05, 0) is 20.3 Å². The number of nitrogens with zero attached hydrogens (tertiary/aromatic N) is 2. The number of anilines is 1. The van der Waals surface area contributed by atoms with Gasteiger partial charge in [0.25, 0.3) is 0 Å². The van der Waals surface area contributed by atoms with Gasteiger partial charge in [0.05, 0.1) is 0 Å². The topological polar surface area (TPSA) is 59.0 Å². The number of amides is 2. The first-order chi connectivity index (χ1) is 7.15. The summed E-state index contributed by atoms with van der Waals surface area (Å²) >= 11 is 0. The van der Waals surface area contributed by atoms with E-state index in [9.17, 15) is 4.79 Å². The van der Waals surface area contributed by atoms with Crippen molar-refractivity contribution in [2.45, 2.75) is 39.8 Å². The van der Waals surface area contributed by atoms with E-state index in [1.54, 1.807) is 10.7 Å². The van der Waals surface area contributed by atoms with Crippen LogP contribution in [0.4, 0.5) is 10.6 Å². The van der Waals surface area contributed by atoms with Crippen LogP contribution in [0.25, 0.3) is 0 Å². The zero-order chi connectivity index (χ0) is 11.3. The Bertz CT molecular complexity index is 321. The van der Waals surface area contributed by atoms with Crippen molar-refractivity contribution in [2.75, 3.05) is 5.32 Å². The minimum atomic E-state index is -0.203. The third kappa shape index (κ3) is 3.61. The van der Waals surface area contributed by atoms with E-state index in [1.165, 1.54) is 0 Å². The van der Waals surface area contributed by atoms with Gasteiger partial charge in [-0.2, -0.15) is 5.10 Å². The van der Waals surface area contributed by atoms with Gasteiger partial charge in [-0.15, -0.1) is 0 Å². The molecular weight excluding hydrogens is 192 g/mol. The summed E-state index contributed by atoms with van der Waals surface area (Å²) in [5.74, 6) is 0.581. The Morgan fingerprint density at radius 3 is 2.87 bits per heavy atom. The minimum Gasteiger partial charge on any atom is -0.335 e. The highest BCUT2D eigenvalue weighted by Gasteiger charge is 2.06. The van der Waals surface area contributed by atoms with E-state index in [2.05, 4.69) is 15.7 Å². The lowest BCUT2D eigenvalue weighted by Gasteiger charge is -2.10. The van der Waals surface area contributed by atoms with Gasteiger partial charge in [0, 0.05) is 24.8 Å². The minimum absolute atomic E-state index is 0.179. The van der Waals surface area contributed by atoms with E-state index in [4.69, 9.17) is 0 Å². The van der Waals surface area contributed by atoms with Crippen molar-refractivity contribution in [1.82, 2.24) is 15.1 Å². The van der Waals surface area contributed by atoms with Crippen LogP contribution >= 0.6 is 0 Å². The Labute approximate surface area is 89.9 Å². The molecule has 1 aromatic heterocycles. The van der Waals surface area contributed by atoms with E-state index in [-0.39, 0.29) is 12.1 Å². The lowest BCUT2D eigenvalue weighted by Crippen LogP contribution is -2.35. The molecule has 0 saturated carbocycles. The average Bonchev–Trinajstić information content (AvgIpc) is 2.65. The van der Waals surface area contributed by atoms with E-state index in [0.29, 0.717) is 5.82 Å². The maximum absolute atomic E-state index is 11.4.